The molecule has 0 spiro atoms. The molecule has 1 fully saturated rings. The molecule has 19 heavy (non-hydrogen) atoms. The molecule has 1 aliphatic heterocycles. The quantitative estimate of drug-likeness (QED) is 0.912. The first kappa shape index (κ1) is 14.3. The number of halogens is 1. The van der Waals surface area contributed by atoms with Crippen LogP contribution in [0.1, 0.15) is 26.7 Å². The Kier molecular flexibility index (Phi) is 5.15. The molecule has 7 heteroatoms. The van der Waals surface area contributed by atoms with E-state index in [4.69, 9.17) is 16.3 Å². The average Bonchev–Trinajstić information content (AvgIpc) is 2.60. The maximum atomic E-state index is 5.97. The zero-order valence-corrected chi connectivity index (χ0v) is 12.2. The lowest BCUT2D eigenvalue weighted by atomic mass is 10.3. The monoisotopic (exact) mass is 285 g/mol. The summed E-state index contributed by atoms with van der Waals surface area (Å²) in [6.07, 6.45) is 2.14. The molecule has 0 radical (unpaired) electrons. The van der Waals surface area contributed by atoms with Gasteiger partial charge in [-0.2, -0.15) is 15.0 Å². The lowest BCUT2D eigenvalue weighted by Gasteiger charge is -2.22. The molecule has 1 aromatic rings. The van der Waals surface area contributed by atoms with Crippen molar-refractivity contribution in [3.8, 4) is 0 Å². The lowest BCUT2D eigenvalue weighted by Crippen LogP contribution is -2.32. The molecule has 1 N–H and O–H groups in total. The molecule has 1 unspecified atom stereocenters. The van der Waals surface area contributed by atoms with E-state index < -0.39 is 0 Å². The van der Waals surface area contributed by atoms with Crippen LogP contribution in [0.2, 0.25) is 5.28 Å². The first-order valence-corrected chi connectivity index (χ1v) is 7.09. The molecular weight excluding hydrogens is 266 g/mol. The molecule has 0 amide bonds. The largest absolute Gasteiger partial charge is 0.377 e. The summed E-state index contributed by atoms with van der Waals surface area (Å²) in [6, 6.07) is 0. The minimum atomic E-state index is 0.171. The number of hydrogen-bond donors (Lipinski definition) is 1. The normalized spacial score (nSPS) is 20.2. The zero-order chi connectivity index (χ0) is 13.7. The summed E-state index contributed by atoms with van der Waals surface area (Å²) in [5.74, 6) is 1.16. The van der Waals surface area contributed by atoms with Gasteiger partial charge in [-0.1, -0.05) is 6.92 Å². The van der Waals surface area contributed by atoms with Crippen molar-refractivity contribution < 1.29 is 4.74 Å². The van der Waals surface area contributed by atoms with Gasteiger partial charge in [0.15, 0.2) is 0 Å². The SMILES string of the molecule is CCCNc1nc(Cl)nc(N2CCCOC(C)C2)n1. The lowest BCUT2D eigenvalue weighted by molar-refractivity contribution is 0.0820. The van der Waals surface area contributed by atoms with Gasteiger partial charge in [-0.05, 0) is 31.4 Å². The van der Waals surface area contributed by atoms with E-state index in [1.807, 2.05) is 0 Å². The Morgan fingerprint density at radius 2 is 2.26 bits per heavy atom. The molecule has 2 heterocycles. The fourth-order valence-electron chi connectivity index (χ4n) is 1.97. The van der Waals surface area contributed by atoms with E-state index in [1.54, 1.807) is 0 Å². The van der Waals surface area contributed by atoms with Gasteiger partial charge in [-0.3, -0.25) is 0 Å². The Morgan fingerprint density at radius 3 is 3.05 bits per heavy atom. The van der Waals surface area contributed by atoms with E-state index in [9.17, 15) is 0 Å². The molecule has 0 aliphatic carbocycles. The first-order valence-electron chi connectivity index (χ1n) is 6.71. The van der Waals surface area contributed by atoms with Gasteiger partial charge in [-0.15, -0.1) is 0 Å². The van der Waals surface area contributed by atoms with Gasteiger partial charge in [0.2, 0.25) is 17.2 Å². The number of anilines is 2. The topological polar surface area (TPSA) is 63.2 Å². The summed E-state index contributed by atoms with van der Waals surface area (Å²) >= 11 is 5.97. The Bertz CT molecular complexity index is 417. The van der Waals surface area contributed by atoms with Gasteiger partial charge < -0.3 is 15.0 Å². The van der Waals surface area contributed by atoms with Crippen LogP contribution in [0, 0.1) is 0 Å². The molecule has 0 aromatic carbocycles. The van der Waals surface area contributed by atoms with Gasteiger partial charge >= 0.3 is 0 Å². The summed E-state index contributed by atoms with van der Waals surface area (Å²) in [7, 11) is 0. The summed E-state index contributed by atoms with van der Waals surface area (Å²) in [4.78, 5) is 14.8. The summed E-state index contributed by atoms with van der Waals surface area (Å²) in [5, 5.41) is 3.36. The van der Waals surface area contributed by atoms with E-state index in [1.165, 1.54) is 0 Å². The number of aromatic nitrogens is 3. The number of ether oxygens (including phenoxy) is 1. The Balaban J connectivity index is 2.15. The van der Waals surface area contributed by atoms with Gasteiger partial charge in [0.1, 0.15) is 0 Å². The van der Waals surface area contributed by atoms with Crippen LogP contribution in [0.4, 0.5) is 11.9 Å². The molecule has 2 rings (SSSR count). The molecule has 1 atom stereocenters. The minimum absolute atomic E-state index is 0.171. The van der Waals surface area contributed by atoms with Crippen LogP contribution >= 0.6 is 11.6 Å². The Hall–Kier alpha value is -1.14. The van der Waals surface area contributed by atoms with Gasteiger partial charge in [-0.25, -0.2) is 0 Å². The van der Waals surface area contributed by atoms with Crippen molar-refractivity contribution >= 4 is 23.5 Å². The van der Waals surface area contributed by atoms with Crippen LogP contribution in [-0.4, -0.2) is 47.3 Å². The maximum absolute atomic E-state index is 5.97. The predicted octanol–water partition coefficient (Wildman–Crippen LogP) is 1.96. The van der Waals surface area contributed by atoms with Gasteiger partial charge in [0.05, 0.1) is 6.10 Å². The van der Waals surface area contributed by atoms with Gasteiger partial charge in [0.25, 0.3) is 0 Å². The Morgan fingerprint density at radius 1 is 1.42 bits per heavy atom. The third kappa shape index (κ3) is 4.18. The summed E-state index contributed by atoms with van der Waals surface area (Å²) in [6.45, 7) is 7.38. The molecule has 1 aromatic heterocycles. The number of nitrogens with one attached hydrogen (secondary N) is 1. The fourth-order valence-corrected chi connectivity index (χ4v) is 2.13. The Labute approximate surface area is 118 Å². The second kappa shape index (κ2) is 6.86. The third-order valence-corrected chi connectivity index (χ3v) is 3.03. The van der Waals surface area contributed by atoms with Gasteiger partial charge in [0, 0.05) is 26.2 Å². The molecule has 0 saturated carbocycles. The molecule has 0 bridgehead atoms. The second-order valence-corrected chi connectivity index (χ2v) is 4.97. The molecule has 106 valence electrons. The standard InChI is InChI=1S/C12H20ClN5O/c1-3-5-14-11-15-10(13)16-12(17-11)18-6-4-7-19-9(2)8-18/h9H,3-8H2,1-2H3,(H,14,15,16,17). The van der Waals surface area contributed by atoms with Crippen molar-refractivity contribution in [2.75, 3.05) is 36.5 Å². The van der Waals surface area contributed by atoms with Crippen LogP contribution < -0.4 is 10.2 Å². The average molecular weight is 286 g/mol. The van der Waals surface area contributed by atoms with Crippen molar-refractivity contribution in [1.82, 2.24) is 15.0 Å². The predicted molar refractivity (Wildman–Crippen MR) is 75.9 cm³/mol. The van der Waals surface area contributed by atoms with Crippen molar-refractivity contribution in [2.24, 2.45) is 0 Å². The van der Waals surface area contributed by atoms with Crippen LogP contribution in [0.25, 0.3) is 0 Å². The minimum Gasteiger partial charge on any atom is -0.377 e. The summed E-state index contributed by atoms with van der Waals surface area (Å²) < 4.78 is 5.62. The van der Waals surface area contributed by atoms with Crippen LogP contribution in [0.15, 0.2) is 0 Å². The number of rotatable bonds is 4. The highest BCUT2D eigenvalue weighted by atomic mass is 35.5. The molecule has 1 aliphatic rings. The van der Waals surface area contributed by atoms with E-state index in [0.29, 0.717) is 11.9 Å². The van der Waals surface area contributed by atoms with E-state index in [2.05, 4.69) is 39.0 Å². The zero-order valence-electron chi connectivity index (χ0n) is 11.4. The van der Waals surface area contributed by atoms with Crippen molar-refractivity contribution in [2.45, 2.75) is 32.8 Å². The van der Waals surface area contributed by atoms with Crippen molar-refractivity contribution in [3.63, 3.8) is 0 Å². The molecule has 6 nitrogen and oxygen atoms in total. The van der Waals surface area contributed by atoms with Crippen LogP contribution in [-0.2, 0) is 4.74 Å². The van der Waals surface area contributed by atoms with E-state index >= 15 is 0 Å². The highest BCUT2D eigenvalue weighted by molar-refractivity contribution is 6.28. The molecular formula is C12H20ClN5O. The summed E-state index contributed by atoms with van der Waals surface area (Å²) in [5.41, 5.74) is 0. The van der Waals surface area contributed by atoms with E-state index in [0.717, 1.165) is 39.1 Å². The van der Waals surface area contributed by atoms with Crippen LogP contribution in [0.3, 0.4) is 0 Å². The maximum Gasteiger partial charge on any atom is 0.231 e. The number of hydrogen-bond acceptors (Lipinski definition) is 6. The smallest absolute Gasteiger partial charge is 0.231 e. The van der Waals surface area contributed by atoms with Crippen LogP contribution in [0.5, 0.6) is 0 Å². The third-order valence-electron chi connectivity index (χ3n) is 2.86. The van der Waals surface area contributed by atoms with Crippen molar-refractivity contribution in [3.05, 3.63) is 5.28 Å². The fraction of sp³-hybridized carbons (Fsp3) is 0.750. The molecule has 1 saturated heterocycles. The highest BCUT2D eigenvalue weighted by Gasteiger charge is 2.18. The second-order valence-electron chi connectivity index (χ2n) is 4.64. The first-order chi connectivity index (χ1) is 9.19. The highest BCUT2D eigenvalue weighted by Crippen LogP contribution is 2.16. The number of nitrogens with zero attached hydrogens (tertiary/aromatic N) is 4. The van der Waals surface area contributed by atoms with Crippen molar-refractivity contribution in [1.29, 1.82) is 0 Å². The van der Waals surface area contributed by atoms with E-state index in [-0.39, 0.29) is 11.4 Å².